The SMILES string of the molecule is Nc1ccc(Cl)[nH+]c1. The Kier molecular flexibility index (Phi) is 1.35. The van der Waals surface area contributed by atoms with Crippen LogP contribution in [0.25, 0.3) is 0 Å². The van der Waals surface area contributed by atoms with E-state index in [9.17, 15) is 0 Å². The molecule has 0 radical (unpaired) electrons. The van der Waals surface area contributed by atoms with E-state index in [1.807, 2.05) is 0 Å². The van der Waals surface area contributed by atoms with E-state index in [1.165, 1.54) is 0 Å². The van der Waals surface area contributed by atoms with Gasteiger partial charge in [0.1, 0.15) is 0 Å². The summed E-state index contributed by atoms with van der Waals surface area (Å²) < 4.78 is 0. The van der Waals surface area contributed by atoms with E-state index in [-0.39, 0.29) is 0 Å². The summed E-state index contributed by atoms with van der Waals surface area (Å²) in [5.41, 5.74) is 6.03. The first-order chi connectivity index (χ1) is 3.79. The van der Waals surface area contributed by atoms with Crippen molar-refractivity contribution in [3.05, 3.63) is 23.5 Å². The average Bonchev–Trinajstić information content (AvgIpc) is 1.77. The zero-order valence-electron chi connectivity index (χ0n) is 4.19. The number of aromatic nitrogens is 1. The zero-order chi connectivity index (χ0) is 5.98. The van der Waals surface area contributed by atoms with E-state index in [2.05, 4.69) is 4.98 Å². The molecular formula is C5H6ClN2+. The maximum Gasteiger partial charge on any atom is 0.273 e. The van der Waals surface area contributed by atoms with Crippen LogP contribution in [0.2, 0.25) is 5.15 Å². The zero-order valence-corrected chi connectivity index (χ0v) is 4.94. The number of hydrogen-bond acceptors (Lipinski definition) is 1. The van der Waals surface area contributed by atoms with Gasteiger partial charge in [0.25, 0.3) is 5.15 Å². The van der Waals surface area contributed by atoms with E-state index in [0.717, 1.165) is 0 Å². The number of nitrogen functional groups attached to an aromatic ring is 1. The molecule has 0 atom stereocenters. The lowest BCUT2D eigenvalue weighted by Gasteiger charge is -1.81. The second-order valence-electron chi connectivity index (χ2n) is 1.47. The molecule has 1 aromatic rings. The summed E-state index contributed by atoms with van der Waals surface area (Å²) in [5.74, 6) is 0. The summed E-state index contributed by atoms with van der Waals surface area (Å²) >= 11 is 5.50. The minimum atomic E-state index is 0.596. The number of nitrogens with one attached hydrogen (secondary N) is 1. The highest BCUT2D eigenvalue weighted by molar-refractivity contribution is 6.28. The molecule has 8 heavy (non-hydrogen) atoms. The number of halogens is 1. The molecule has 0 fully saturated rings. The topological polar surface area (TPSA) is 40.2 Å². The van der Waals surface area contributed by atoms with Gasteiger partial charge in [-0.05, 0) is 17.7 Å². The van der Waals surface area contributed by atoms with E-state index < -0.39 is 0 Å². The predicted octanol–water partition coefficient (Wildman–Crippen LogP) is 0.736. The molecule has 0 amide bonds. The van der Waals surface area contributed by atoms with Crippen molar-refractivity contribution in [2.45, 2.75) is 0 Å². The fraction of sp³-hybridized carbons (Fsp3) is 0. The predicted molar refractivity (Wildman–Crippen MR) is 32.4 cm³/mol. The van der Waals surface area contributed by atoms with Crippen molar-refractivity contribution in [1.29, 1.82) is 0 Å². The van der Waals surface area contributed by atoms with Gasteiger partial charge in [-0.25, -0.2) is 0 Å². The van der Waals surface area contributed by atoms with Gasteiger partial charge in [0.15, 0.2) is 6.20 Å². The minimum Gasteiger partial charge on any atom is -0.394 e. The molecule has 3 N–H and O–H groups in total. The second-order valence-corrected chi connectivity index (χ2v) is 1.88. The summed E-state index contributed by atoms with van der Waals surface area (Å²) in [7, 11) is 0. The molecule has 3 heteroatoms. The first kappa shape index (κ1) is 5.38. The first-order valence-corrected chi connectivity index (χ1v) is 2.59. The summed E-state index contributed by atoms with van der Waals surface area (Å²) in [6, 6.07) is 3.44. The summed E-state index contributed by atoms with van der Waals surface area (Å²) in [5, 5.41) is 0.596. The third kappa shape index (κ3) is 1.10. The Balaban J connectivity index is 3.03. The van der Waals surface area contributed by atoms with Crippen LogP contribution in [0.4, 0.5) is 5.69 Å². The molecule has 42 valence electrons. The van der Waals surface area contributed by atoms with Gasteiger partial charge in [-0.1, -0.05) is 0 Å². The number of anilines is 1. The van der Waals surface area contributed by atoms with Crippen LogP contribution in [0.1, 0.15) is 0 Å². The Labute approximate surface area is 52.3 Å². The van der Waals surface area contributed by atoms with Crippen LogP contribution in [0.3, 0.4) is 0 Å². The maximum absolute atomic E-state index is 5.50. The molecule has 0 saturated carbocycles. The van der Waals surface area contributed by atoms with Crippen LogP contribution < -0.4 is 10.7 Å². The standard InChI is InChI=1S/C5H5ClN2/c6-5-2-1-4(7)3-8-5/h1-3H,7H2/p+1. The third-order valence-corrected chi connectivity index (χ3v) is 1.03. The molecule has 0 aliphatic rings. The van der Waals surface area contributed by atoms with Gasteiger partial charge >= 0.3 is 0 Å². The number of hydrogen-bond donors (Lipinski definition) is 1. The molecule has 0 saturated heterocycles. The number of nitrogens with two attached hydrogens (primary N) is 1. The molecule has 0 bridgehead atoms. The van der Waals surface area contributed by atoms with Crippen molar-refractivity contribution in [3.8, 4) is 0 Å². The molecule has 0 aromatic carbocycles. The lowest BCUT2D eigenvalue weighted by molar-refractivity contribution is -0.374. The minimum absolute atomic E-state index is 0.596. The highest BCUT2D eigenvalue weighted by atomic mass is 35.5. The van der Waals surface area contributed by atoms with E-state index in [0.29, 0.717) is 10.8 Å². The van der Waals surface area contributed by atoms with Crippen molar-refractivity contribution < 1.29 is 4.98 Å². The molecule has 2 nitrogen and oxygen atoms in total. The Hall–Kier alpha value is -0.760. The van der Waals surface area contributed by atoms with Crippen molar-refractivity contribution in [3.63, 3.8) is 0 Å². The van der Waals surface area contributed by atoms with Gasteiger partial charge in [0.2, 0.25) is 0 Å². The Morgan fingerprint density at radius 1 is 1.50 bits per heavy atom. The highest BCUT2D eigenvalue weighted by Gasteiger charge is 1.91. The van der Waals surface area contributed by atoms with Crippen LogP contribution in [0.15, 0.2) is 18.3 Å². The summed E-state index contributed by atoms with van der Waals surface area (Å²) in [6.07, 6.45) is 1.64. The van der Waals surface area contributed by atoms with Crippen LogP contribution in [-0.2, 0) is 0 Å². The van der Waals surface area contributed by atoms with Gasteiger partial charge in [-0.3, -0.25) is 0 Å². The molecule has 0 unspecified atom stereocenters. The van der Waals surface area contributed by atoms with E-state index in [4.69, 9.17) is 17.3 Å². The maximum atomic E-state index is 5.50. The molecule has 0 aliphatic heterocycles. The second kappa shape index (κ2) is 2.01. The van der Waals surface area contributed by atoms with Gasteiger partial charge < -0.3 is 5.73 Å². The van der Waals surface area contributed by atoms with Crippen molar-refractivity contribution >= 4 is 17.3 Å². The number of rotatable bonds is 0. The fourth-order valence-corrected chi connectivity index (χ4v) is 0.535. The lowest BCUT2D eigenvalue weighted by atomic mass is 10.4. The molecule has 1 heterocycles. The molecular weight excluding hydrogens is 124 g/mol. The van der Waals surface area contributed by atoms with Crippen LogP contribution in [0, 0.1) is 0 Å². The van der Waals surface area contributed by atoms with Crippen LogP contribution in [-0.4, -0.2) is 0 Å². The monoisotopic (exact) mass is 129 g/mol. The first-order valence-electron chi connectivity index (χ1n) is 2.22. The summed E-state index contributed by atoms with van der Waals surface area (Å²) in [6.45, 7) is 0. The van der Waals surface area contributed by atoms with Gasteiger partial charge in [-0.15, -0.1) is 0 Å². The van der Waals surface area contributed by atoms with Gasteiger partial charge in [-0.2, -0.15) is 4.98 Å². The van der Waals surface area contributed by atoms with Crippen LogP contribution in [0.5, 0.6) is 0 Å². The molecule has 1 aromatic heterocycles. The van der Waals surface area contributed by atoms with Crippen molar-refractivity contribution in [2.24, 2.45) is 0 Å². The third-order valence-electron chi connectivity index (χ3n) is 0.799. The quantitative estimate of drug-likeness (QED) is 0.516. The largest absolute Gasteiger partial charge is 0.394 e. The number of aromatic amines is 1. The number of pyridine rings is 1. The van der Waals surface area contributed by atoms with Gasteiger partial charge in [0.05, 0.1) is 5.69 Å². The van der Waals surface area contributed by atoms with E-state index >= 15 is 0 Å². The molecule has 0 aliphatic carbocycles. The Morgan fingerprint density at radius 2 is 2.25 bits per heavy atom. The van der Waals surface area contributed by atoms with Gasteiger partial charge in [0, 0.05) is 6.07 Å². The smallest absolute Gasteiger partial charge is 0.273 e. The highest BCUT2D eigenvalue weighted by Crippen LogP contribution is 2.00. The van der Waals surface area contributed by atoms with Crippen molar-refractivity contribution in [2.75, 3.05) is 5.73 Å². The van der Waals surface area contributed by atoms with Crippen molar-refractivity contribution in [1.82, 2.24) is 0 Å². The molecule has 1 rings (SSSR count). The normalized spacial score (nSPS) is 9.12. The Bertz CT molecular complexity index is 149. The van der Waals surface area contributed by atoms with E-state index in [1.54, 1.807) is 18.3 Å². The fourth-order valence-electron chi connectivity index (χ4n) is 0.418. The van der Waals surface area contributed by atoms with Crippen LogP contribution >= 0.6 is 11.6 Å². The Morgan fingerprint density at radius 3 is 2.62 bits per heavy atom. The number of H-pyrrole nitrogens is 1. The summed E-state index contributed by atoms with van der Waals surface area (Å²) in [4.78, 5) is 2.74. The lowest BCUT2D eigenvalue weighted by Crippen LogP contribution is -2.03. The molecule has 0 spiro atoms. The average molecular weight is 130 g/mol.